The van der Waals surface area contributed by atoms with Gasteiger partial charge < -0.3 is 20.0 Å². The molecule has 0 aromatic carbocycles. The second kappa shape index (κ2) is 8.42. The van der Waals surface area contributed by atoms with Gasteiger partial charge in [-0.15, -0.1) is 0 Å². The van der Waals surface area contributed by atoms with Crippen LogP contribution in [0.15, 0.2) is 12.4 Å². The van der Waals surface area contributed by atoms with Crippen molar-refractivity contribution in [2.24, 2.45) is 5.41 Å². The topological polar surface area (TPSA) is 64.6 Å². The number of nitrogens with zero attached hydrogens (tertiary/aromatic N) is 5. The third-order valence-corrected chi connectivity index (χ3v) is 5.80. The zero-order valence-corrected chi connectivity index (χ0v) is 17.2. The molecule has 2 aliphatic rings. The van der Waals surface area contributed by atoms with Crippen molar-refractivity contribution in [3.05, 3.63) is 12.4 Å². The van der Waals surface area contributed by atoms with E-state index in [9.17, 15) is 4.79 Å². The summed E-state index contributed by atoms with van der Waals surface area (Å²) < 4.78 is 0. The summed E-state index contributed by atoms with van der Waals surface area (Å²) in [5.41, 5.74) is 0.281. The van der Waals surface area contributed by atoms with Gasteiger partial charge in [0.05, 0.1) is 0 Å². The number of hydrogen-bond donors (Lipinski definition) is 1. The molecule has 27 heavy (non-hydrogen) atoms. The molecular weight excluding hydrogens is 340 g/mol. The molecule has 150 valence electrons. The minimum absolute atomic E-state index is 0.281. The molecule has 7 nitrogen and oxygen atoms in total. The van der Waals surface area contributed by atoms with E-state index in [1.165, 1.54) is 0 Å². The van der Waals surface area contributed by atoms with E-state index < -0.39 is 0 Å². The van der Waals surface area contributed by atoms with Gasteiger partial charge in [-0.05, 0) is 52.6 Å². The lowest BCUT2D eigenvalue weighted by molar-refractivity contribution is -0.138. The van der Waals surface area contributed by atoms with Crippen molar-refractivity contribution in [3.63, 3.8) is 0 Å². The molecular formula is C20H34N6O. The Labute approximate surface area is 163 Å². The zero-order valence-electron chi connectivity index (χ0n) is 17.2. The molecule has 0 aliphatic carbocycles. The normalized spacial score (nSPS) is 20.0. The van der Waals surface area contributed by atoms with Gasteiger partial charge in [0.15, 0.2) is 0 Å². The molecule has 0 radical (unpaired) electrons. The molecule has 0 saturated carbocycles. The number of carbonyl (C=O) groups is 1. The maximum Gasteiger partial charge on any atom is 0.222 e. The van der Waals surface area contributed by atoms with Crippen molar-refractivity contribution in [2.75, 3.05) is 57.0 Å². The summed E-state index contributed by atoms with van der Waals surface area (Å²) in [7, 11) is 4.12. The first-order valence-electron chi connectivity index (χ1n) is 10.1. The first-order valence-corrected chi connectivity index (χ1v) is 10.1. The average Bonchev–Trinajstić information content (AvgIpc) is 2.63. The van der Waals surface area contributed by atoms with Crippen LogP contribution in [0.5, 0.6) is 0 Å². The summed E-state index contributed by atoms with van der Waals surface area (Å²) in [6.07, 6.45) is 5.61. The van der Waals surface area contributed by atoms with Crippen LogP contribution in [0.25, 0.3) is 0 Å². The Bertz CT molecular complexity index is 639. The number of nitrogens with one attached hydrogen (secondary N) is 1. The SMILES string of the molecule is CC(C)Nc1cc(N2CCC3(CCC(=O)N(CCN(C)C)C3)CC2)ncn1. The maximum atomic E-state index is 12.3. The second-order valence-corrected chi connectivity index (χ2v) is 8.67. The lowest BCUT2D eigenvalue weighted by atomic mass is 9.72. The number of aromatic nitrogens is 2. The average molecular weight is 375 g/mol. The fraction of sp³-hybridized carbons (Fsp3) is 0.750. The fourth-order valence-corrected chi connectivity index (χ4v) is 4.14. The summed E-state index contributed by atoms with van der Waals surface area (Å²) in [5.74, 6) is 2.21. The Morgan fingerprint density at radius 1 is 1.22 bits per heavy atom. The summed E-state index contributed by atoms with van der Waals surface area (Å²) in [6.45, 7) is 8.89. The molecule has 2 fully saturated rings. The van der Waals surface area contributed by atoms with Gasteiger partial charge in [-0.2, -0.15) is 0 Å². The summed E-state index contributed by atoms with van der Waals surface area (Å²) in [4.78, 5) is 27.7. The van der Waals surface area contributed by atoms with Crippen molar-refractivity contribution in [1.29, 1.82) is 0 Å². The van der Waals surface area contributed by atoms with Crippen LogP contribution in [0, 0.1) is 5.41 Å². The standard InChI is InChI=1S/C20H34N6O/c1-16(2)23-17-13-18(22-15-21-17)25-9-7-20(8-10-25)6-5-19(27)26(14-20)12-11-24(3)4/h13,15-16H,5-12,14H2,1-4H3,(H,21,22,23). The van der Waals surface area contributed by atoms with Gasteiger partial charge in [-0.25, -0.2) is 9.97 Å². The van der Waals surface area contributed by atoms with E-state index >= 15 is 0 Å². The molecule has 7 heteroatoms. The summed E-state index contributed by atoms with van der Waals surface area (Å²) >= 11 is 0. The van der Waals surface area contributed by atoms with E-state index in [0.717, 1.165) is 63.6 Å². The van der Waals surface area contributed by atoms with Gasteiger partial charge in [0.2, 0.25) is 5.91 Å². The molecule has 0 unspecified atom stereocenters. The van der Waals surface area contributed by atoms with Crippen molar-refractivity contribution < 1.29 is 4.79 Å². The van der Waals surface area contributed by atoms with E-state index in [1.807, 2.05) is 6.07 Å². The first kappa shape index (κ1) is 19.9. The molecule has 2 saturated heterocycles. The fourth-order valence-electron chi connectivity index (χ4n) is 4.14. The van der Waals surface area contributed by atoms with Crippen LogP contribution >= 0.6 is 0 Å². The monoisotopic (exact) mass is 374 g/mol. The molecule has 0 bridgehead atoms. The van der Waals surface area contributed by atoms with Gasteiger partial charge in [-0.1, -0.05) is 0 Å². The molecule has 3 rings (SSSR count). The molecule has 1 amide bonds. The highest BCUT2D eigenvalue weighted by molar-refractivity contribution is 5.77. The molecule has 0 atom stereocenters. The van der Waals surface area contributed by atoms with Crippen LogP contribution in [0.4, 0.5) is 11.6 Å². The Kier molecular flexibility index (Phi) is 6.19. The largest absolute Gasteiger partial charge is 0.368 e. The van der Waals surface area contributed by atoms with E-state index in [2.05, 4.69) is 57.9 Å². The van der Waals surface area contributed by atoms with Crippen molar-refractivity contribution >= 4 is 17.5 Å². The Morgan fingerprint density at radius 2 is 1.96 bits per heavy atom. The van der Waals surface area contributed by atoms with Crippen molar-refractivity contribution in [2.45, 2.75) is 45.6 Å². The van der Waals surface area contributed by atoms with Gasteiger partial charge >= 0.3 is 0 Å². The summed E-state index contributed by atoms with van der Waals surface area (Å²) in [5, 5.41) is 3.35. The molecule has 1 aromatic rings. The predicted octanol–water partition coefficient (Wildman–Crippen LogP) is 2.07. The highest BCUT2D eigenvalue weighted by atomic mass is 16.2. The Morgan fingerprint density at radius 3 is 2.63 bits per heavy atom. The number of likely N-dealkylation sites (N-methyl/N-ethyl adjacent to an activating group) is 1. The van der Waals surface area contributed by atoms with Crippen molar-refractivity contribution in [3.8, 4) is 0 Å². The molecule has 1 N–H and O–H groups in total. The van der Waals surface area contributed by atoms with Gasteiger partial charge in [-0.3, -0.25) is 4.79 Å². The Hall–Kier alpha value is -1.89. The molecule has 1 spiro atoms. The number of anilines is 2. The van der Waals surface area contributed by atoms with Gasteiger partial charge in [0.1, 0.15) is 18.0 Å². The quantitative estimate of drug-likeness (QED) is 0.822. The number of hydrogen-bond acceptors (Lipinski definition) is 6. The van der Waals surface area contributed by atoms with E-state index in [1.54, 1.807) is 6.33 Å². The van der Waals surface area contributed by atoms with Crippen LogP contribution in [-0.2, 0) is 4.79 Å². The van der Waals surface area contributed by atoms with Crippen LogP contribution in [0.1, 0.15) is 39.5 Å². The summed E-state index contributed by atoms with van der Waals surface area (Å²) in [6, 6.07) is 2.40. The van der Waals surface area contributed by atoms with E-state index in [4.69, 9.17) is 0 Å². The number of piperidine rings is 2. The number of amides is 1. The van der Waals surface area contributed by atoms with Crippen LogP contribution < -0.4 is 10.2 Å². The van der Waals surface area contributed by atoms with Crippen LogP contribution in [0.2, 0.25) is 0 Å². The van der Waals surface area contributed by atoms with Gasteiger partial charge in [0.25, 0.3) is 0 Å². The van der Waals surface area contributed by atoms with Gasteiger partial charge in [0, 0.05) is 51.3 Å². The van der Waals surface area contributed by atoms with Crippen LogP contribution in [-0.4, -0.2) is 78.5 Å². The third-order valence-electron chi connectivity index (χ3n) is 5.80. The molecule has 2 aliphatic heterocycles. The van der Waals surface area contributed by atoms with Crippen molar-refractivity contribution in [1.82, 2.24) is 19.8 Å². The zero-order chi connectivity index (χ0) is 19.4. The predicted molar refractivity (Wildman–Crippen MR) is 109 cm³/mol. The smallest absolute Gasteiger partial charge is 0.222 e. The van der Waals surface area contributed by atoms with Crippen LogP contribution in [0.3, 0.4) is 0 Å². The lowest BCUT2D eigenvalue weighted by Crippen LogP contribution is -2.52. The number of likely N-dealkylation sites (tertiary alicyclic amines) is 1. The lowest BCUT2D eigenvalue weighted by Gasteiger charge is -2.47. The Balaban J connectivity index is 1.60. The van der Waals surface area contributed by atoms with E-state index in [-0.39, 0.29) is 5.41 Å². The van der Waals surface area contributed by atoms with E-state index in [0.29, 0.717) is 18.4 Å². The highest BCUT2D eigenvalue weighted by Gasteiger charge is 2.41. The number of carbonyl (C=O) groups excluding carboxylic acids is 1. The molecule has 1 aromatic heterocycles. The maximum absolute atomic E-state index is 12.3. The highest BCUT2D eigenvalue weighted by Crippen LogP contribution is 2.41. The third kappa shape index (κ3) is 5.09. The minimum atomic E-state index is 0.281. The second-order valence-electron chi connectivity index (χ2n) is 8.67. The number of rotatable bonds is 6. The first-order chi connectivity index (χ1) is 12.9. The molecule has 3 heterocycles. The minimum Gasteiger partial charge on any atom is -0.368 e.